The number of phenolic OH excluding ortho intramolecular Hbond substituents is 1. The van der Waals surface area contributed by atoms with Gasteiger partial charge in [-0.25, -0.2) is 4.98 Å². The first-order valence-corrected chi connectivity index (χ1v) is 4.69. The van der Waals surface area contributed by atoms with Crippen LogP contribution >= 0.6 is 11.8 Å². The number of nitrogens with zero attached hydrogens (tertiary/aromatic N) is 1. The lowest BCUT2D eigenvalue weighted by molar-refractivity contribution is -0.0328. The molecule has 0 atom stereocenters. The first-order valence-electron chi connectivity index (χ1n) is 3.87. The van der Waals surface area contributed by atoms with E-state index in [0.717, 1.165) is 0 Å². The number of fused-ring (bicyclic) bond motifs is 1. The van der Waals surface area contributed by atoms with E-state index in [-0.39, 0.29) is 16.7 Å². The second-order valence-electron chi connectivity index (χ2n) is 2.79. The molecule has 2 N–H and O–H groups in total. The molecule has 0 aliphatic carbocycles. The molecule has 0 saturated heterocycles. The summed E-state index contributed by atoms with van der Waals surface area (Å²) in [4.78, 5) is 6.24. The maximum Gasteiger partial charge on any atom is 0.446 e. The number of imidazole rings is 1. The average molecular weight is 234 g/mol. The minimum absolute atomic E-state index is 0.248. The number of alkyl halides is 3. The van der Waals surface area contributed by atoms with E-state index in [1.165, 1.54) is 18.5 Å². The Labute approximate surface area is 86.3 Å². The lowest BCUT2D eigenvalue weighted by atomic mass is 10.3. The van der Waals surface area contributed by atoms with Crippen LogP contribution in [0.1, 0.15) is 0 Å². The van der Waals surface area contributed by atoms with Gasteiger partial charge >= 0.3 is 5.51 Å². The molecule has 1 heterocycles. The van der Waals surface area contributed by atoms with Crippen molar-refractivity contribution in [2.75, 3.05) is 0 Å². The summed E-state index contributed by atoms with van der Waals surface area (Å²) >= 11 is -0.358. The molecular formula is C8H5F3N2OS. The Morgan fingerprint density at radius 1 is 1.33 bits per heavy atom. The van der Waals surface area contributed by atoms with Crippen molar-refractivity contribution >= 4 is 22.8 Å². The van der Waals surface area contributed by atoms with E-state index in [1.807, 2.05) is 0 Å². The number of phenols is 1. The summed E-state index contributed by atoms with van der Waals surface area (Å²) in [5.41, 5.74) is -3.53. The predicted molar refractivity (Wildman–Crippen MR) is 49.7 cm³/mol. The molecule has 1 aromatic carbocycles. The number of thioether (sulfide) groups is 1. The standard InChI is InChI=1S/C8H5F3N2OS/c9-8(10,11)15-7-2-5-4(1-6(7)14)12-3-13-5/h1-3,14H,(H,12,13). The summed E-state index contributed by atoms with van der Waals surface area (Å²) in [5.74, 6) is -0.408. The van der Waals surface area contributed by atoms with Crippen LogP contribution in [-0.4, -0.2) is 20.6 Å². The van der Waals surface area contributed by atoms with Gasteiger partial charge in [-0.3, -0.25) is 0 Å². The summed E-state index contributed by atoms with van der Waals surface area (Å²) in [7, 11) is 0. The highest BCUT2D eigenvalue weighted by Crippen LogP contribution is 2.42. The van der Waals surface area contributed by atoms with Gasteiger partial charge in [-0.05, 0) is 17.8 Å². The van der Waals surface area contributed by atoms with Gasteiger partial charge in [0.1, 0.15) is 5.75 Å². The molecule has 80 valence electrons. The molecular weight excluding hydrogens is 229 g/mol. The van der Waals surface area contributed by atoms with Crippen LogP contribution in [0.25, 0.3) is 11.0 Å². The maximum atomic E-state index is 12.1. The molecule has 1 aromatic heterocycles. The summed E-state index contributed by atoms with van der Waals surface area (Å²) in [6, 6.07) is 2.41. The lowest BCUT2D eigenvalue weighted by Crippen LogP contribution is -1.99. The van der Waals surface area contributed by atoms with E-state index >= 15 is 0 Å². The summed E-state index contributed by atoms with van der Waals surface area (Å²) < 4.78 is 36.2. The van der Waals surface area contributed by atoms with Crippen LogP contribution in [0.4, 0.5) is 13.2 Å². The largest absolute Gasteiger partial charge is 0.507 e. The second kappa shape index (κ2) is 3.34. The van der Waals surface area contributed by atoms with Crippen molar-refractivity contribution in [3.63, 3.8) is 0 Å². The molecule has 0 aliphatic heterocycles. The number of benzene rings is 1. The first-order chi connectivity index (χ1) is 6.96. The summed E-state index contributed by atoms with van der Waals surface area (Å²) in [6.07, 6.45) is 1.35. The van der Waals surface area contributed by atoms with Crippen molar-refractivity contribution in [3.8, 4) is 5.75 Å². The number of aromatic nitrogens is 2. The SMILES string of the molecule is Oc1cc2[nH]cnc2cc1SC(F)(F)F. The van der Waals surface area contributed by atoms with E-state index < -0.39 is 11.3 Å². The van der Waals surface area contributed by atoms with E-state index in [0.29, 0.717) is 11.0 Å². The zero-order valence-electron chi connectivity index (χ0n) is 7.17. The van der Waals surface area contributed by atoms with Crippen molar-refractivity contribution in [2.45, 2.75) is 10.4 Å². The van der Waals surface area contributed by atoms with Crippen molar-refractivity contribution < 1.29 is 18.3 Å². The van der Waals surface area contributed by atoms with Gasteiger partial charge in [-0.15, -0.1) is 0 Å². The fourth-order valence-corrected chi connectivity index (χ4v) is 1.74. The van der Waals surface area contributed by atoms with Gasteiger partial charge < -0.3 is 10.1 Å². The molecule has 0 fully saturated rings. The zero-order chi connectivity index (χ0) is 11.1. The molecule has 0 amide bonds. The quantitative estimate of drug-likeness (QED) is 0.746. The summed E-state index contributed by atoms with van der Waals surface area (Å²) in [6.45, 7) is 0. The second-order valence-corrected chi connectivity index (χ2v) is 3.89. The van der Waals surface area contributed by atoms with Crippen molar-refractivity contribution in [1.82, 2.24) is 9.97 Å². The van der Waals surface area contributed by atoms with Crippen LogP contribution in [0.5, 0.6) is 5.75 Å². The molecule has 0 spiro atoms. The van der Waals surface area contributed by atoms with E-state index in [9.17, 15) is 18.3 Å². The Kier molecular flexibility index (Phi) is 2.26. The molecule has 2 aromatic rings. The molecule has 0 aliphatic rings. The highest BCUT2D eigenvalue weighted by Gasteiger charge is 2.30. The average Bonchev–Trinajstić information content (AvgIpc) is 2.49. The van der Waals surface area contributed by atoms with Crippen LogP contribution in [0.3, 0.4) is 0 Å². The zero-order valence-corrected chi connectivity index (χ0v) is 7.99. The van der Waals surface area contributed by atoms with E-state index in [4.69, 9.17) is 0 Å². The smallest absolute Gasteiger partial charge is 0.446 e. The Balaban J connectivity index is 2.46. The van der Waals surface area contributed by atoms with Crippen LogP contribution in [0.2, 0.25) is 0 Å². The monoisotopic (exact) mass is 234 g/mol. The molecule has 7 heteroatoms. The third-order valence-corrected chi connectivity index (χ3v) is 2.51. The van der Waals surface area contributed by atoms with Gasteiger partial charge in [0.15, 0.2) is 0 Å². The molecule has 0 bridgehead atoms. The number of nitrogens with one attached hydrogen (secondary N) is 1. The number of H-pyrrole nitrogens is 1. The Hall–Kier alpha value is -1.37. The lowest BCUT2D eigenvalue weighted by Gasteiger charge is -2.06. The van der Waals surface area contributed by atoms with Crippen LogP contribution in [0.15, 0.2) is 23.4 Å². The number of rotatable bonds is 1. The number of aromatic amines is 1. The summed E-state index contributed by atoms with van der Waals surface area (Å²) in [5, 5.41) is 9.32. The molecule has 0 radical (unpaired) electrons. The van der Waals surface area contributed by atoms with Gasteiger partial charge in [-0.1, -0.05) is 0 Å². The van der Waals surface area contributed by atoms with Gasteiger partial charge in [0.05, 0.1) is 22.3 Å². The van der Waals surface area contributed by atoms with Crippen LogP contribution in [0, 0.1) is 0 Å². The topological polar surface area (TPSA) is 48.9 Å². The normalized spacial score (nSPS) is 12.2. The van der Waals surface area contributed by atoms with Crippen molar-refractivity contribution in [1.29, 1.82) is 0 Å². The third-order valence-electron chi connectivity index (χ3n) is 1.73. The maximum absolute atomic E-state index is 12.1. The van der Waals surface area contributed by atoms with Gasteiger partial charge in [0, 0.05) is 6.07 Å². The van der Waals surface area contributed by atoms with E-state index in [1.54, 1.807) is 0 Å². The fraction of sp³-hybridized carbons (Fsp3) is 0.125. The fourth-order valence-electron chi connectivity index (χ4n) is 1.16. The van der Waals surface area contributed by atoms with E-state index in [2.05, 4.69) is 9.97 Å². The predicted octanol–water partition coefficient (Wildman–Crippen LogP) is 2.88. The number of aromatic hydroxyl groups is 1. The minimum atomic E-state index is -4.42. The molecule has 2 rings (SSSR count). The molecule has 15 heavy (non-hydrogen) atoms. The highest BCUT2D eigenvalue weighted by atomic mass is 32.2. The van der Waals surface area contributed by atoms with Gasteiger partial charge in [-0.2, -0.15) is 13.2 Å². The van der Waals surface area contributed by atoms with Crippen LogP contribution < -0.4 is 0 Å². The third kappa shape index (κ3) is 2.17. The number of hydrogen-bond acceptors (Lipinski definition) is 3. The Bertz CT molecular complexity index is 494. The molecule has 0 unspecified atom stereocenters. The van der Waals surface area contributed by atoms with Gasteiger partial charge in [0.25, 0.3) is 0 Å². The number of halogens is 3. The number of hydrogen-bond donors (Lipinski definition) is 2. The van der Waals surface area contributed by atoms with Crippen molar-refractivity contribution in [3.05, 3.63) is 18.5 Å². The van der Waals surface area contributed by atoms with Crippen LogP contribution in [-0.2, 0) is 0 Å². The Morgan fingerprint density at radius 2 is 2.07 bits per heavy atom. The van der Waals surface area contributed by atoms with Gasteiger partial charge in [0.2, 0.25) is 0 Å². The highest BCUT2D eigenvalue weighted by molar-refractivity contribution is 8.00. The first kappa shape index (κ1) is 10.2. The Morgan fingerprint density at radius 3 is 2.73 bits per heavy atom. The van der Waals surface area contributed by atoms with Crippen molar-refractivity contribution in [2.24, 2.45) is 0 Å². The molecule has 0 saturated carbocycles. The minimum Gasteiger partial charge on any atom is -0.507 e. The molecule has 3 nitrogen and oxygen atoms in total.